The van der Waals surface area contributed by atoms with Gasteiger partial charge >= 0.3 is 0 Å². The second-order valence-corrected chi connectivity index (χ2v) is 6.02. The molecule has 2 N–H and O–H groups in total. The van der Waals surface area contributed by atoms with Gasteiger partial charge in [0.2, 0.25) is 0 Å². The van der Waals surface area contributed by atoms with Crippen molar-refractivity contribution in [2.75, 3.05) is 5.32 Å². The summed E-state index contributed by atoms with van der Waals surface area (Å²) >= 11 is 14.5. The molecule has 108 valence electrons. The molecule has 0 unspecified atom stereocenters. The van der Waals surface area contributed by atoms with Crippen molar-refractivity contribution in [3.8, 4) is 0 Å². The molecule has 0 spiro atoms. The molecule has 0 radical (unpaired) electrons. The largest absolute Gasteiger partial charge is 0.332 e. The SMILES string of the molecule is Cc1ccc(NC(=S)NC(=O)c2ccccc2Br)cc1Cl. The summed E-state index contributed by atoms with van der Waals surface area (Å²) in [4.78, 5) is 12.1. The number of thiocarbonyl (C=S) groups is 1. The van der Waals surface area contributed by atoms with Gasteiger partial charge < -0.3 is 5.32 Å². The van der Waals surface area contributed by atoms with Gasteiger partial charge in [-0.25, -0.2) is 0 Å². The van der Waals surface area contributed by atoms with Crippen molar-refractivity contribution in [1.82, 2.24) is 5.32 Å². The monoisotopic (exact) mass is 382 g/mol. The van der Waals surface area contributed by atoms with Crippen LogP contribution < -0.4 is 10.6 Å². The van der Waals surface area contributed by atoms with E-state index in [0.29, 0.717) is 15.1 Å². The van der Waals surface area contributed by atoms with Crippen LogP contribution in [0.3, 0.4) is 0 Å². The second-order valence-electron chi connectivity index (χ2n) is 4.35. The van der Waals surface area contributed by atoms with Crippen molar-refractivity contribution in [3.63, 3.8) is 0 Å². The van der Waals surface area contributed by atoms with Gasteiger partial charge in [0.15, 0.2) is 5.11 Å². The molecule has 0 bridgehead atoms. The molecular weight excluding hydrogens is 372 g/mol. The van der Waals surface area contributed by atoms with Gasteiger partial charge in [-0.3, -0.25) is 10.1 Å². The Morgan fingerprint density at radius 1 is 1.24 bits per heavy atom. The summed E-state index contributed by atoms with van der Waals surface area (Å²) in [6, 6.07) is 12.6. The van der Waals surface area contributed by atoms with Crippen LogP contribution in [0.2, 0.25) is 5.02 Å². The first-order chi connectivity index (χ1) is 9.97. The molecule has 0 aliphatic rings. The molecule has 0 aliphatic carbocycles. The number of carbonyl (C=O) groups excluding carboxylic acids is 1. The summed E-state index contributed by atoms with van der Waals surface area (Å²) in [6.07, 6.45) is 0. The topological polar surface area (TPSA) is 41.1 Å². The van der Waals surface area contributed by atoms with E-state index >= 15 is 0 Å². The highest BCUT2D eigenvalue weighted by Gasteiger charge is 2.11. The van der Waals surface area contributed by atoms with Crippen LogP contribution in [-0.4, -0.2) is 11.0 Å². The number of halogens is 2. The van der Waals surface area contributed by atoms with Crippen LogP contribution in [0.15, 0.2) is 46.9 Å². The van der Waals surface area contributed by atoms with Crippen LogP contribution in [0.25, 0.3) is 0 Å². The lowest BCUT2D eigenvalue weighted by atomic mass is 10.2. The maximum absolute atomic E-state index is 12.1. The average molecular weight is 384 g/mol. The minimum Gasteiger partial charge on any atom is -0.332 e. The summed E-state index contributed by atoms with van der Waals surface area (Å²) in [5.74, 6) is -0.279. The Balaban J connectivity index is 2.03. The highest BCUT2D eigenvalue weighted by Crippen LogP contribution is 2.20. The number of hydrogen-bond acceptors (Lipinski definition) is 2. The van der Waals surface area contributed by atoms with Crippen LogP contribution >= 0.6 is 39.7 Å². The normalized spacial score (nSPS) is 10.0. The molecule has 1 amide bonds. The highest BCUT2D eigenvalue weighted by molar-refractivity contribution is 9.10. The number of rotatable bonds is 2. The minimum absolute atomic E-state index is 0.218. The Labute approximate surface area is 141 Å². The maximum atomic E-state index is 12.1. The fourth-order valence-electron chi connectivity index (χ4n) is 1.65. The van der Waals surface area contributed by atoms with E-state index in [1.807, 2.05) is 25.1 Å². The number of nitrogens with one attached hydrogen (secondary N) is 2. The quantitative estimate of drug-likeness (QED) is 0.748. The van der Waals surface area contributed by atoms with E-state index in [9.17, 15) is 4.79 Å². The Hall–Kier alpha value is -1.43. The average Bonchev–Trinajstić information content (AvgIpc) is 2.43. The van der Waals surface area contributed by atoms with E-state index in [2.05, 4.69) is 26.6 Å². The molecule has 0 saturated heterocycles. The fraction of sp³-hybridized carbons (Fsp3) is 0.0667. The summed E-state index contributed by atoms with van der Waals surface area (Å²) in [7, 11) is 0. The van der Waals surface area contributed by atoms with E-state index in [0.717, 1.165) is 11.3 Å². The fourth-order valence-corrected chi connectivity index (χ4v) is 2.50. The summed E-state index contributed by atoms with van der Waals surface area (Å²) < 4.78 is 0.712. The summed E-state index contributed by atoms with van der Waals surface area (Å²) in [5.41, 5.74) is 2.22. The Kier molecular flexibility index (Phi) is 5.33. The van der Waals surface area contributed by atoms with Gasteiger partial charge in [0.1, 0.15) is 0 Å². The zero-order chi connectivity index (χ0) is 15.4. The lowest BCUT2D eigenvalue weighted by molar-refractivity contribution is 0.0977. The molecule has 2 aromatic carbocycles. The third-order valence-electron chi connectivity index (χ3n) is 2.78. The molecule has 2 aromatic rings. The van der Waals surface area contributed by atoms with Crippen molar-refractivity contribution in [2.24, 2.45) is 0 Å². The smallest absolute Gasteiger partial charge is 0.258 e. The van der Waals surface area contributed by atoms with E-state index < -0.39 is 0 Å². The first-order valence-electron chi connectivity index (χ1n) is 6.10. The third-order valence-corrected chi connectivity index (χ3v) is 4.08. The lowest BCUT2D eigenvalue weighted by Gasteiger charge is -2.11. The highest BCUT2D eigenvalue weighted by atomic mass is 79.9. The van der Waals surface area contributed by atoms with Crippen LogP contribution in [0.5, 0.6) is 0 Å². The lowest BCUT2D eigenvalue weighted by Crippen LogP contribution is -2.34. The van der Waals surface area contributed by atoms with Crippen molar-refractivity contribution >= 4 is 56.5 Å². The van der Waals surface area contributed by atoms with Gasteiger partial charge in [-0.15, -0.1) is 0 Å². The molecule has 0 fully saturated rings. The zero-order valence-electron chi connectivity index (χ0n) is 11.1. The molecule has 21 heavy (non-hydrogen) atoms. The van der Waals surface area contributed by atoms with Gasteiger partial charge in [0.25, 0.3) is 5.91 Å². The molecule has 6 heteroatoms. The maximum Gasteiger partial charge on any atom is 0.258 e. The first-order valence-corrected chi connectivity index (χ1v) is 7.68. The van der Waals surface area contributed by atoms with Crippen molar-refractivity contribution < 1.29 is 4.79 Å². The molecule has 0 atom stereocenters. The van der Waals surface area contributed by atoms with Gasteiger partial charge in [0.05, 0.1) is 5.56 Å². The van der Waals surface area contributed by atoms with Gasteiger partial charge in [-0.2, -0.15) is 0 Å². The van der Waals surface area contributed by atoms with Crippen LogP contribution in [-0.2, 0) is 0 Å². The number of anilines is 1. The number of aryl methyl sites for hydroxylation is 1. The molecule has 3 nitrogen and oxygen atoms in total. The Morgan fingerprint density at radius 3 is 2.62 bits per heavy atom. The Morgan fingerprint density at radius 2 is 1.95 bits per heavy atom. The third kappa shape index (κ3) is 4.27. The standard InChI is InChI=1S/C15H12BrClN2OS/c1-9-6-7-10(8-13(9)17)18-15(21)19-14(20)11-4-2-3-5-12(11)16/h2-8H,1H3,(H2,18,19,20,21). The molecule has 0 heterocycles. The van der Waals surface area contributed by atoms with Crippen molar-refractivity contribution in [1.29, 1.82) is 0 Å². The summed E-state index contributed by atoms with van der Waals surface area (Å²) in [5, 5.41) is 6.41. The Bertz CT molecular complexity index is 706. The number of amides is 1. The molecule has 0 aromatic heterocycles. The van der Waals surface area contributed by atoms with Crippen molar-refractivity contribution in [3.05, 3.63) is 63.1 Å². The number of carbonyl (C=O) groups is 1. The second kappa shape index (κ2) is 7.02. The van der Waals surface area contributed by atoms with E-state index in [1.54, 1.807) is 24.3 Å². The zero-order valence-corrected chi connectivity index (χ0v) is 14.3. The van der Waals surface area contributed by atoms with Gasteiger partial charge in [0, 0.05) is 15.2 Å². The minimum atomic E-state index is -0.279. The first kappa shape index (κ1) is 15.9. The molecular formula is C15H12BrClN2OS. The predicted molar refractivity (Wildman–Crippen MR) is 94.0 cm³/mol. The summed E-state index contributed by atoms with van der Waals surface area (Å²) in [6.45, 7) is 1.92. The predicted octanol–water partition coefficient (Wildman–Crippen LogP) is 4.54. The van der Waals surface area contributed by atoms with Gasteiger partial charge in [-0.05, 0) is 64.9 Å². The molecule has 2 rings (SSSR count). The number of benzene rings is 2. The number of hydrogen-bond donors (Lipinski definition) is 2. The van der Waals surface area contributed by atoms with Crippen LogP contribution in [0.1, 0.15) is 15.9 Å². The molecule has 0 aliphatic heterocycles. The van der Waals surface area contributed by atoms with Gasteiger partial charge in [-0.1, -0.05) is 29.8 Å². The van der Waals surface area contributed by atoms with E-state index in [1.165, 1.54) is 0 Å². The van der Waals surface area contributed by atoms with Crippen LogP contribution in [0, 0.1) is 6.92 Å². The van der Waals surface area contributed by atoms with Crippen molar-refractivity contribution in [2.45, 2.75) is 6.92 Å². The molecule has 0 saturated carbocycles. The van der Waals surface area contributed by atoms with E-state index in [-0.39, 0.29) is 11.0 Å². The van der Waals surface area contributed by atoms with Crippen LogP contribution in [0.4, 0.5) is 5.69 Å². The van der Waals surface area contributed by atoms with E-state index in [4.69, 9.17) is 23.8 Å².